The van der Waals surface area contributed by atoms with Gasteiger partial charge in [-0.25, -0.2) is 9.78 Å². The van der Waals surface area contributed by atoms with Crippen molar-refractivity contribution in [2.75, 3.05) is 4.90 Å². The molecule has 0 spiro atoms. The van der Waals surface area contributed by atoms with Crippen LogP contribution in [0.2, 0.25) is 0 Å². The normalized spacial score (nSPS) is 11.2. The van der Waals surface area contributed by atoms with Crippen molar-refractivity contribution in [3.8, 4) is 22.7 Å². The van der Waals surface area contributed by atoms with Gasteiger partial charge in [0.1, 0.15) is 11.3 Å². The summed E-state index contributed by atoms with van der Waals surface area (Å²) in [6, 6.07) is 19.7. The summed E-state index contributed by atoms with van der Waals surface area (Å²) in [5.41, 5.74) is 0.800. The molecule has 0 aliphatic rings. The van der Waals surface area contributed by atoms with Crippen LogP contribution in [0.15, 0.2) is 81.9 Å². The highest BCUT2D eigenvalue weighted by atomic mass is 16.6. The summed E-state index contributed by atoms with van der Waals surface area (Å²) < 4.78 is 16.5. The Morgan fingerprint density at radius 3 is 2.09 bits per heavy atom. The first-order valence-corrected chi connectivity index (χ1v) is 9.93. The third-order valence-corrected chi connectivity index (χ3v) is 4.31. The van der Waals surface area contributed by atoms with Crippen LogP contribution in [0, 0.1) is 0 Å². The summed E-state index contributed by atoms with van der Waals surface area (Å²) in [5.74, 6) is -0.763. The van der Waals surface area contributed by atoms with Crippen LogP contribution >= 0.6 is 0 Å². The SMILES string of the molecule is CC(C)(C)OC(=O)N(C(=O)c1ccno1)c1oc(-c2ccccc2)nc1-c1ccccc1. The molecule has 0 aliphatic carbocycles. The fraction of sp³-hybridized carbons (Fsp3) is 0.167. The smallest absolute Gasteiger partial charge is 0.424 e. The fourth-order valence-corrected chi connectivity index (χ4v) is 2.95. The molecule has 2 aromatic heterocycles. The minimum absolute atomic E-state index is 0.0781. The molecule has 2 heterocycles. The monoisotopic (exact) mass is 431 g/mol. The number of hydrogen-bond acceptors (Lipinski definition) is 7. The molecular weight excluding hydrogens is 410 g/mol. The number of oxazole rings is 1. The molecule has 0 atom stereocenters. The van der Waals surface area contributed by atoms with E-state index in [1.165, 1.54) is 12.3 Å². The van der Waals surface area contributed by atoms with Crippen molar-refractivity contribution >= 4 is 17.9 Å². The molecule has 2 amide bonds. The lowest BCUT2D eigenvalue weighted by Gasteiger charge is -2.24. The summed E-state index contributed by atoms with van der Waals surface area (Å²) >= 11 is 0. The van der Waals surface area contributed by atoms with E-state index in [0.29, 0.717) is 16.8 Å². The van der Waals surface area contributed by atoms with Gasteiger partial charge in [0.2, 0.25) is 17.5 Å². The molecule has 0 saturated heterocycles. The van der Waals surface area contributed by atoms with Gasteiger partial charge in [-0.15, -0.1) is 0 Å². The fourth-order valence-electron chi connectivity index (χ4n) is 2.95. The first kappa shape index (κ1) is 21.0. The molecule has 2 aromatic carbocycles. The first-order chi connectivity index (χ1) is 15.3. The predicted octanol–water partition coefficient (Wildman–Crippen LogP) is 5.58. The van der Waals surface area contributed by atoms with E-state index in [9.17, 15) is 9.59 Å². The van der Waals surface area contributed by atoms with Gasteiger partial charge < -0.3 is 13.7 Å². The van der Waals surface area contributed by atoms with Crippen molar-refractivity contribution in [3.63, 3.8) is 0 Å². The average Bonchev–Trinajstić information content (AvgIpc) is 3.45. The summed E-state index contributed by atoms with van der Waals surface area (Å²) in [6.07, 6.45) is 0.390. The topological polar surface area (TPSA) is 98.7 Å². The van der Waals surface area contributed by atoms with Crippen LogP contribution in [0.5, 0.6) is 0 Å². The number of imide groups is 1. The number of ether oxygens (including phenoxy) is 1. The van der Waals surface area contributed by atoms with Gasteiger partial charge in [-0.1, -0.05) is 53.7 Å². The molecular formula is C24H21N3O5. The number of amides is 2. The number of carbonyl (C=O) groups excluding carboxylic acids is 2. The van der Waals surface area contributed by atoms with Gasteiger partial charge in [0.05, 0.1) is 6.20 Å². The average molecular weight is 431 g/mol. The minimum Gasteiger partial charge on any atom is -0.443 e. The Kier molecular flexibility index (Phi) is 5.59. The summed E-state index contributed by atoms with van der Waals surface area (Å²) in [5, 5.41) is 3.57. The molecule has 162 valence electrons. The lowest BCUT2D eigenvalue weighted by molar-refractivity contribution is 0.0552. The second kappa shape index (κ2) is 8.50. The molecule has 8 heteroatoms. The first-order valence-electron chi connectivity index (χ1n) is 9.93. The minimum atomic E-state index is -0.924. The van der Waals surface area contributed by atoms with Gasteiger partial charge in [-0.3, -0.25) is 4.79 Å². The predicted molar refractivity (Wildman–Crippen MR) is 117 cm³/mol. The highest BCUT2D eigenvalue weighted by molar-refractivity contribution is 6.18. The van der Waals surface area contributed by atoms with Crippen molar-refractivity contribution < 1.29 is 23.3 Å². The largest absolute Gasteiger partial charge is 0.443 e. The molecule has 0 aliphatic heterocycles. The highest BCUT2D eigenvalue weighted by Gasteiger charge is 2.37. The van der Waals surface area contributed by atoms with Gasteiger partial charge in [0.25, 0.3) is 0 Å². The van der Waals surface area contributed by atoms with Crippen molar-refractivity contribution in [2.24, 2.45) is 0 Å². The van der Waals surface area contributed by atoms with Gasteiger partial charge in [-0.05, 0) is 32.9 Å². The molecule has 0 bridgehead atoms. The van der Waals surface area contributed by atoms with Crippen LogP contribution < -0.4 is 4.90 Å². The van der Waals surface area contributed by atoms with Gasteiger partial charge in [0, 0.05) is 17.2 Å². The molecule has 0 N–H and O–H groups in total. The van der Waals surface area contributed by atoms with Crippen LogP contribution in [0.25, 0.3) is 22.7 Å². The molecule has 0 radical (unpaired) electrons. The second-order valence-corrected chi connectivity index (χ2v) is 7.90. The molecule has 0 saturated carbocycles. The molecule has 0 fully saturated rings. The van der Waals surface area contributed by atoms with E-state index in [0.717, 1.165) is 4.90 Å². The van der Waals surface area contributed by atoms with E-state index < -0.39 is 17.6 Å². The Morgan fingerprint density at radius 2 is 1.53 bits per heavy atom. The number of aromatic nitrogens is 2. The Bertz CT molecular complexity index is 1210. The highest BCUT2D eigenvalue weighted by Crippen LogP contribution is 2.36. The zero-order valence-electron chi connectivity index (χ0n) is 17.8. The van der Waals surface area contributed by atoms with Crippen molar-refractivity contribution in [1.29, 1.82) is 0 Å². The zero-order chi connectivity index (χ0) is 22.7. The molecule has 0 unspecified atom stereocenters. The number of rotatable bonds is 4. The van der Waals surface area contributed by atoms with E-state index in [4.69, 9.17) is 13.7 Å². The van der Waals surface area contributed by atoms with Crippen LogP contribution in [-0.4, -0.2) is 27.7 Å². The van der Waals surface area contributed by atoms with E-state index in [1.807, 2.05) is 60.7 Å². The third-order valence-electron chi connectivity index (χ3n) is 4.31. The maximum atomic E-state index is 13.3. The molecule has 4 aromatic rings. The maximum absolute atomic E-state index is 13.3. The van der Waals surface area contributed by atoms with Crippen LogP contribution in [0.1, 0.15) is 31.3 Å². The van der Waals surface area contributed by atoms with Crippen molar-refractivity contribution in [1.82, 2.24) is 10.1 Å². The van der Waals surface area contributed by atoms with Crippen LogP contribution in [0.4, 0.5) is 10.7 Å². The Balaban J connectivity index is 1.90. The summed E-state index contributed by atoms with van der Waals surface area (Å²) in [6.45, 7) is 5.11. The number of carbonyl (C=O) groups is 2. The summed E-state index contributed by atoms with van der Waals surface area (Å²) in [4.78, 5) is 31.8. The lowest BCUT2D eigenvalue weighted by atomic mass is 10.1. The van der Waals surface area contributed by atoms with E-state index in [2.05, 4.69) is 10.1 Å². The number of nitrogens with zero attached hydrogens (tertiary/aromatic N) is 3. The van der Waals surface area contributed by atoms with Crippen LogP contribution in [0.3, 0.4) is 0 Å². The quantitative estimate of drug-likeness (QED) is 0.416. The molecule has 32 heavy (non-hydrogen) atoms. The van der Waals surface area contributed by atoms with E-state index in [1.54, 1.807) is 20.8 Å². The van der Waals surface area contributed by atoms with E-state index in [-0.39, 0.29) is 17.5 Å². The van der Waals surface area contributed by atoms with Crippen LogP contribution in [-0.2, 0) is 4.74 Å². The van der Waals surface area contributed by atoms with Gasteiger partial charge >= 0.3 is 12.0 Å². The Labute approximate surface area is 184 Å². The standard InChI is InChI=1S/C24H21N3O5/c1-24(2,3)31-23(29)27(21(28)18-14-15-25-32-18)22-19(16-10-6-4-7-11-16)26-20(30-22)17-12-8-5-9-13-17/h4-15H,1-3H3. The molecule has 8 nitrogen and oxygen atoms in total. The van der Waals surface area contributed by atoms with E-state index >= 15 is 0 Å². The molecule has 4 rings (SSSR count). The summed E-state index contributed by atoms with van der Waals surface area (Å²) in [7, 11) is 0. The second-order valence-electron chi connectivity index (χ2n) is 7.90. The van der Waals surface area contributed by atoms with Gasteiger partial charge in [-0.2, -0.15) is 4.90 Å². The number of hydrogen-bond donors (Lipinski definition) is 0. The maximum Gasteiger partial charge on any atom is 0.424 e. The number of anilines is 1. The van der Waals surface area contributed by atoms with Crippen molar-refractivity contribution in [3.05, 3.63) is 78.7 Å². The Hall–Kier alpha value is -4.20. The van der Waals surface area contributed by atoms with Crippen molar-refractivity contribution in [2.45, 2.75) is 26.4 Å². The Morgan fingerprint density at radius 1 is 0.906 bits per heavy atom. The zero-order valence-corrected chi connectivity index (χ0v) is 17.8. The number of benzene rings is 2. The third kappa shape index (κ3) is 4.44. The lowest BCUT2D eigenvalue weighted by Crippen LogP contribution is -2.41. The van der Waals surface area contributed by atoms with Gasteiger partial charge in [0.15, 0.2) is 0 Å².